The maximum Gasteiger partial charge on any atom is 0.140 e. The van der Waals surface area contributed by atoms with Crippen LogP contribution < -0.4 is 4.90 Å². The van der Waals surface area contributed by atoms with Crippen molar-refractivity contribution >= 4 is 32.7 Å². The Labute approximate surface area is 120 Å². The molecule has 0 aliphatic carbocycles. The molecule has 1 aliphatic rings. The van der Waals surface area contributed by atoms with Crippen LogP contribution in [0.5, 0.6) is 0 Å². The van der Waals surface area contributed by atoms with Crippen molar-refractivity contribution in [3.05, 3.63) is 29.0 Å². The molecule has 1 aliphatic heterocycles. The van der Waals surface area contributed by atoms with Gasteiger partial charge in [-0.2, -0.15) is 0 Å². The number of fused-ring (bicyclic) bond motifs is 1. The standard InChI is InChI=1S/C14H16BrN3O/c1-9-6-18(7-10(2)19-9)14-11-4-3-5-12(15)13(11)16-8-17-14/h3-5,8-10H,6-7H2,1-2H3. The van der Waals surface area contributed by atoms with E-state index in [0.717, 1.165) is 34.3 Å². The Kier molecular flexibility index (Phi) is 3.41. The molecule has 0 N–H and O–H groups in total. The van der Waals surface area contributed by atoms with E-state index in [1.165, 1.54) is 0 Å². The summed E-state index contributed by atoms with van der Waals surface area (Å²) in [6.45, 7) is 5.93. The van der Waals surface area contributed by atoms with Crippen LogP contribution in [0.15, 0.2) is 29.0 Å². The molecule has 1 aromatic heterocycles. The molecule has 2 atom stereocenters. The molecule has 0 radical (unpaired) electrons. The van der Waals surface area contributed by atoms with Gasteiger partial charge in [-0.1, -0.05) is 6.07 Å². The van der Waals surface area contributed by atoms with Gasteiger partial charge in [0.05, 0.1) is 17.7 Å². The van der Waals surface area contributed by atoms with Crippen LogP contribution in [0, 0.1) is 0 Å². The largest absolute Gasteiger partial charge is 0.372 e. The van der Waals surface area contributed by atoms with Crippen molar-refractivity contribution in [3.63, 3.8) is 0 Å². The average Bonchev–Trinajstić information content (AvgIpc) is 2.37. The highest BCUT2D eigenvalue weighted by atomic mass is 79.9. The minimum Gasteiger partial charge on any atom is -0.372 e. The molecule has 1 aromatic carbocycles. The van der Waals surface area contributed by atoms with Gasteiger partial charge in [0.1, 0.15) is 12.1 Å². The second-order valence-electron chi connectivity index (χ2n) is 5.00. The van der Waals surface area contributed by atoms with E-state index in [0.29, 0.717) is 0 Å². The third-order valence-corrected chi connectivity index (χ3v) is 3.95. The molecule has 100 valence electrons. The number of ether oxygens (including phenoxy) is 1. The molecular weight excluding hydrogens is 306 g/mol. The van der Waals surface area contributed by atoms with E-state index in [4.69, 9.17) is 4.74 Å². The van der Waals surface area contributed by atoms with Gasteiger partial charge >= 0.3 is 0 Å². The van der Waals surface area contributed by atoms with Crippen molar-refractivity contribution in [1.29, 1.82) is 0 Å². The van der Waals surface area contributed by atoms with Crippen LogP contribution in [0.2, 0.25) is 0 Å². The quantitative estimate of drug-likeness (QED) is 0.809. The number of benzene rings is 1. The smallest absolute Gasteiger partial charge is 0.140 e. The van der Waals surface area contributed by atoms with Gasteiger partial charge in [-0.25, -0.2) is 9.97 Å². The summed E-state index contributed by atoms with van der Waals surface area (Å²) in [7, 11) is 0. The summed E-state index contributed by atoms with van der Waals surface area (Å²) in [5, 5.41) is 1.08. The third-order valence-electron chi connectivity index (χ3n) is 3.31. The highest BCUT2D eigenvalue weighted by molar-refractivity contribution is 9.10. The highest BCUT2D eigenvalue weighted by Crippen LogP contribution is 2.29. The minimum absolute atomic E-state index is 0.223. The maximum absolute atomic E-state index is 5.78. The number of anilines is 1. The Morgan fingerprint density at radius 3 is 2.68 bits per heavy atom. The molecule has 19 heavy (non-hydrogen) atoms. The van der Waals surface area contributed by atoms with Crippen molar-refractivity contribution in [1.82, 2.24) is 9.97 Å². The minimum atomic E-state index is 0.223. The number of halogens is 1. The molecule has 1 fully saturated rings. The lowest BCUT2D eigenvalue weighted by atomic mass is 10.2. The fourth-order valence-electron chi connectivity index (χ4n) is 2.64. The van der Waals surface area contributed by atoms with Gasteiger partial charge < -0.3 is 9.64 Å². The van der Waals surface area contributed by atoms with Crippen LogP contribution in [0.25, 0.3) is 10.9 Å². The number of hydrogen-bond donors (Lipinski definition) is 0. The molecule has 2 unspecified atom stereocenters. The Bertz CT molecular complexity index is 594. The summed E-state index contributed by atoms with van der Waals surface area (Å²) < 4.78 is 6.78. The Balaban J connectivity index is 2.07. The monoisotopic (exact) mass is 321 g/mol. The second-order valence-corrected chi connectivity index (χ2v) is 5.85. The van der Waals surface area contributed by atoms with Gasteiger partial charge in [0, 0.05) is 22.9 Å². The first-order valence-corrected chi connectivity index (χ1v) is 7.24. The topological polar surface area (TPSA) is 38.2 Å². The molecule has 0 spiro atoms. The Hall–Kier alpha value is -1.20. The predicted octanol–water partition coefficient (Wildman–Crippen LogP) is 3.01. The van der Waals surface area contributed by atoms with Crippen molar-refractivity contribution in [3.8, 4) is 0 Å². The third kappa shape index (κ3) is 2.44. The lowest BCUT2D eigenvalue weighted by Crippen LogP contribution is -2.45. The van der Waals surface area contributed by atoms with Gasteiger partial charge in [0.2, 0.25) is 0 Å². The van der Waals surface area contributed by atoms with Crippen molar-refractivity contribution in [2.45, 2.75) is 26.1 Å². The lowest BCUT2D eigenvalue weighted by molar-refractivity contribution is -0.00537. The van der Waals surface area contributed by atoms with Gasteiger partial charge in [0.15, 0.2) is 0 Å². The fraction of sp³-hybridized carbons (Fsp3) is 0.429. The lowest BCUT2D eigenvalue weighted by Gasteiger charge is -2.36. The molecule has 5 heteroatoms. The molecule has 3 rings (SSSR count). The van der Waals surface area contributed by atoms with Crippen LogP contribution in [0.3, 0.4) is 0 Å². The number of morpholine rings is 1. The predicted molar refractivity (Wildman–Crippen MR) is 79.5 cm³/mol. The maximum atomic E-state index is 5.78. The average molecular weight is 322 g/mol. The molecule has 1 saturated heterocycles. The second kappa shape index (κ2) is 5.06. The molecular formula is C14H16BrN3O. The van der Waals surface area contributed by atoms with E-state index in [9.17, 15) is 0 Å². The Morgan fingerprint density at radius 1 is 1.21 bits per heavy atom. The van der Waals surface area contributed by atoms with Crippen molar-refractivity contribution in [2.75, 3.05) is 18.0 Å². The Morgan fingerprint density at radius 2 is 1.95 bits per heavy atom. The molecule has 0 saturated carbocycles. The van der Waals surface area contributed by atoms with Crippen LogP contribution >= 0.6 is 15.9 Å². The zero-order chi connectivity index (χ0) is 13.4. The zero-order valence-electron chi connectivity index (χ0n) is 11.0. The highest BCUT2D eigenvalue weighted by Gasteiger charge is 2.24. The zero-order valence-corrected chi connectivity index (χ0v) is 12.6. The SMILES string of the molecule is CC1CN(c2ncnc3c(Br)cccc23)CC(C)O1. The van der Waals surface area contributed by atoms with Gasteiger partial charge in [-0.3, -0.25) is 0 Å². The number of para-hydroxylation sites is 1. The van der Waals surface area contributed by atoms with Crippen molar-refractivity contribution in [2.24, 2.45) is 0 Å². The summed E-state index contributed by atoms with van der Waals surface area (Å²) >= 11 is 3.55. The van der Waals surface area contributed by atoms with E-state index in [1.807, 2.05) is 12.1 Å². The van der Waals surface area contributed by atoms with Crippen molar-refractivity contribution < 1.29 is 4.74 Å². The van der Waals surface area contributed by atoms with Crippen LogP contribution in [-0.2, 0) is 4.74 Å². The number of nitrogens with zero attached hydrogens (tertiary/aromatic N) is 3. The van der Waals surface area contributed by atoms with E-state index >= 15 is 0 Å². The van der Waals surface area contributed by atoms with Crippen LogP contribution in [-0.4, -0.2) is 35.3 Å². The van der Waals surface area contributed by atoms with Crippen LogP contribution in [0.1, 0.15) is 13.8 Å². The van der Waals surface area contributed by atoms with E-state index in [-0.39, 0.29) is 12.2 Å². The van der Waals surface area contributed by atoms with Crippen LogP contribution in [0.4, 0.5) is 5.82 Å². The summed E-state index contributed by atoms with van der Waals surface area (Å²) in [4.78, 5) is 11.1. The first kappa shape index (κ1) is 12.8. The van der Waals surface area contributed by atoms with E-state index in [2.05, 4.69) is 50.7 Å². The number of aromatic nitrogens is 2. The first-order chi connectivity index (χ1) is 9.15. The molecule has 2 heterocycles. The first-order valence-electron chi connectivity index (χ1n) is 6.45. The normalized spacial score (nSPS) is 23.8. The van der Waals surface area contributed by atoms with Gasteiger partial charge in [0.25, 0.3) is 0 Å². The number of hydrogen-bond acceptors (Lipinski definition) is 4. The fourth-order valence-corrected chi connectivity index (χ4v) is 3.11. The van der Waals surface area contributed by atoms with E-state index < -0.39 is 0 Å². The summed E-state index contributed by atoms with van der Waals surface area (Å²) in [6.07, 6.45) is 2.08. The molecule has 2 aromatic rings. The summed E-state index contributed by atoms with van der Waals surface area (Å²) in [6, 6.07) is 6.09. The molecule has 4 nitrogen and oxygen atoms in total. The van der Waals surface area contributed by atoms with E-state index in [1.54, 1.807) is 6.33 Å². The molecule has 0 amide bonds. The van der Waals surface area contributed by atoms with Gasteiger partial charge in [-0.05, 0) is 41.9 Å². The summed E-state index contributed by atoms with van der Waals surface area (Å²) in [5.74, 6) is 0.994. The van der Waals surface area contributed by atoms with Gasteiger partial charge in [-0.15, -0.1) is 0 Å². The number of rotatable bonds is 1. The molecule has 0 bridgehead atoms. The summed E-state index contributed by atoms with van der Waals surface area (Å²) in [5.41, 5.74) is 0.958.